The van der Waals surface area contributed by atoms with Crippen molar-refractivity contribution in [3.05, 3.63) is 41.6 Å². The van der Waals surface area contributed by atoms with Gasteiger partial charge in [0.1, 0.15) is 0 Å². The lowest BCUT2D eigenvalue weighted by Gasteiger charge is -2.01. The third kappa shape index (κ3) is 1.38. The smallest absolute Gasteiger partial charge is 0.258 e. The summed E-state index contributed by atoms with van der Waals surface area (Å²) in [7, 11) is 0. The van der Waals surface area contributed by atoms with Crippen molar-refractivity contribution in [1.82, 2.24) is 10.3 Å². The SMILES string of the molecule is Cc1cccc2[nH]cc(C3=CC(=O)NC3=O)c12. The zero-order valence-corrected chi connectivity index (χ0v) is 9.20. The Labute approximate surface area is 97.3 Å². The highest BCUT2D eigenvalue weighted by Gasteiger charge is 2.24. The Balaban J connectivity index is 2.29. The molecule has 2 aromatic rings. The molecule has 1 aromatic carbocycles. The molecule has 4 nitrogen and oxygen atoms in total. The maximum Gasteiger partial charge on any atom is 0.258 e. The number of H-pyrrole nitrogens is 1. The van der Waals surface area contributed by atoms with Crippen molar-refractivity contribution in [1.29, 1.82) is 0 Å². The van der Waals surface area contributed by atoms with Crippen LogP contribution in [0, 0.1) is 6.92 Å². The highest BCUT2D eigenvalue weighted by Crippen LogP contribution is 2.29. The van der Waals surface area contributed by atoms with Crippen LogP contribution in [0.3, 0.4) is 0 Å². The van der Waals surface area contributed by atoms with Crippen LogP contribution in [0.1, 0.15) is 11.1 Å². The highest BCUT2D eigenvalue weighted by molar-refractivity contribution is 6.35. The lowest BCUT2D eigenvalue weighted by Crippen LogP contribution is -2.21. The van der Waals surface area contributed by atoms with Crippen LogP contribution in [0.5, 0.6) is 0 Å². The van der Waals surface area contributed by atoms with E-state index in [1.165, 1.54) is 6.08 Å². The molecule has 0 fully saturated rings. The Morgan fingerprint density at radius 1 is 1.18 bits per heavy atom. The van der Waals surface area contributed by atoms with Crippen molar-refractivity contribution in [2.45, 2.75) is 6.92 Å². The first-order valence-corrected chi connectivity index (χ1v) is 5.31. The number of amides is 2. The second-order valence-corrected chi connectivity index (χ2v) is 4.08. The Kier molecular flexibility index (Phi) is 1.92. The predicted molar refractivity (Wildman–Crippen MR) is 64.2 cm³/mol. The highest BCUT2D eigenvalue weighted by atomic mass is 16.2. The number of hydrogen-bond donors (Lipinski definition) is 2. The number of aryl methyl sites for hydroxylation is 1. The molecule has 1 aromatic heterocycles. The van der Waals surface area contributed by atoms with E-state index >= 15 is 0 Å². The number of rotatable bonds is 1. The van der Waals surface area contributed by atoms with E-state index in [2.05, 4.69) is 10.3 Å². The zero-order chi connectivity index (χ0) is 12.0. The summed E-state index contributed by atoms with van der Waals surface area (Å²) in [6.45, 7) is 1.98. The van der Waals surface area contributed by atoms with Crippen LogP contribution in [0.4, 0.5) is 0 Å². The first kappa shape index (κ1) is 9.84. The van der Waals surface area contributed by atoms with Crippen molar-refractivity contribution >= 4 is 28.3 Å². The topological polar surface area (TPSA) is 62.0 Å². The van der Waals surface area contributed by atoms with Crippen molar-refractivity contribution < 1.29 is 9.59 Å². The van der Waals surface area contributed by atoms with Gasteiger partial charge in [-0.3, -0.25) is 14.9 Å². The molecule has 2 N–H and O–H groups in total. The summed E-state index contributed by atoms with van der Waals surface area (Å²) < 4.78 is 0. The standard InChI is InChI=1S/C13H10N2O2/c1-7-3-2-4-10-12(7)9(6-14-10)8-5-11(16)15-13(8)17/h2-6,14H,1H3,(H,15,16,17). The molecule has 17 heavy (non-hydrogen) atoms. The summed E-state index contributed by atoms with van der Waals surface area (Å²) >= 11 is 0. The summed E-state index contributed by atoms with van der Waals surface area (Å²) in [5.41, 5.74) is 3.25. The second kappa shape index (κ2) is 3.31. The predicted octanol–water partition coefficient (Wildman–Crippen LogP) is 1.52. The summed E-state index contributed by atoms with van der Waals surface area (Å²) in [6.07, 6.45) is 3.11. The number of aromatic nitrogens is 1. The quantitative estimate of drug-likeness (QED) is 0.724. The van der Waals surface area contributed by atoms with Crippen LogP contribution < -0.4 is 5.32 Å². The average molecular weight is 226 g/mol. The van der Waals surface area contributed by atoms with Crippen molar-refractivity contribution in [2.24, 2.45) is 0 Å². The monoisotopic (exact) mass is 226 g/mol. The molecule has 2 heterocycles. The molecule has 1 aliphatic heterocycles. The Bertz CT molecular complexity index is 680. The van der Waals surface area contributed by atoms with E-state index in [1.54, 1.807) is 6.20 Å². The molecule has 0 bridgehead atoms. The van der Waals surface area contributed by atoms with Crippen LogP contribution in [0.15, 0.2) is 30.5 Å². The van der Waals surface area contributed by atoms with Crippen molar-refractivity contribution in [2.75, 3.05) is 0 Å². The van der Waals surface area contributed by atoms with Crippen LogP contribution in [0.2, 0.25) is 0 Å². The fourth-order valence-corrected chi connectivity index (χ4v) is 2.19. The molecular weight excluding hydrogens is 216 g/mol. The Hall–Kier alpha value is -2.36. The van der Waals surface area contributed by atoms with Crippen molar-refractivity contribution in [3.63, 3.8) is 0 Å². The van der Waals surface area contributed by atoms with Gasteiger partial charge in [0.15, 0.2) is 0 Å². The fraction of sp³-hybridized carbons (Fsp3) is 0.0769. The summed E-state index contributed by atoms with van der Waals surface area (Å²) in [5, 5.41) is 3.24. The molecular formula is C13H10N2O2. The number of fused-ring (bicyclic) bond motifs is 1. The number of nitrogens with one attached hydrogen (secondary N) is 2. The van der Waals surface area contributed by atoms with Gasteiger partial charge in [0.05, 0.1) is 5.57 Å². The number of aromatic amines is 1. The minimum atomic E-state index is -0.354. The van der Waals surface area contributed by atoms with Crippen molar-refractivity contribution in [3.8, 4) is 0 Å². The van der Waals surface area contributed by atoms with Gasteiger partial charge < -0.3 is 4.98 Å². The molecule has 0 radical (unpaired) electrons. The van der Waals surface area contributed by atoms with E-state index in [-0.39, 0.29) is 11.8 Å². The number of benzene rings is 1. The number of hydrogen-bond acceptors (Lipinski definition) is 2. The van der Waals surface area contributed by atoms with E-state index in [4.69, 9.17) is 0 Å². The third-order valence-electron chi connectivity index (χ3n) is 2.96. The molecule has 0 unspecified atom stereocenters. The minimum Gasteiger partial charge on any atom is -0.361 e. The number of imide groups is 1. The van der Waals surface area contributed by atoms with E-state index in [1.807, 2.05) is 25.1 Å². The van der Waals surface area contributed by atoms with Gasteiger partial charge in [-0.25, -0.2) is 0 Å². The van der Waals surface area contributed by atoms with Gasteiger partial charge in [-0.2, -0.15) is 0 Å². The lowest BCUT2D eigenvalue weighted by atomic mass is 10.0. The zero-order valence-electron chi connectivity index (χ0n) is 9.20. The molecule has 0 saturated heterocycles. The normalized spacial score (nSPS) is 15.2. The van der Waals surface area contributed by atoms with Crippen LogP contribution in [-0.4, -0.2) is 16.8 Å². The molecule has 1 aliphatic rings. The molecule has 3 rings (SSSR count). The van der Waals surface area contributed by atoms with Crippen LogP contribution >= 0.6 is 0 Å². The molecule has 0 spiro atoms. The van der Waals surface area contributed by atoms with E-state index in [0.717, 1.165) is 22.0 Å². The summed E-state index contributed by atoms with van der Waals surface area (Å²) in [5.74, 6) is -0.688. The van der Waals surface area contributed by atoms with Gasteiger partial charge in [-0.15, -0.1) is 0 Å². The maximum absolute atomic E-state index is 11.6. The molecule has 84 valence electrons. The lowest BCUT2D eigenvalue weighted by molar-refractivity contribution is -0.123. The van der Waals surface area contributed by atoms with E-state index in [0.29, 0.717) is 5.57 Å². The number of carbonyl (C=O) groups is 2. The average Bonchev–Trinajstić information content (AvgIpc) is 2.83. The molecule has 4 heteroatoms. The van der Waals surface area contributed by atoms with Crippen LogP contribution in [-0.2, 0) is 9.59 Å². The van der Waals surface area contributed by atoms with E-state index in [9.17, 15) is 9.59 Å². The first-order valence-electron chi connectivity index (χ1n) is 5.31. The van der Waals surface area contributed by atoms with Gasteiger partial charge in [0, 0.05) is 28.7 Å². The van der Waals surface area contributed by atoms with E-state index < -0.39 is 0 Å². The molecule has 0 atom stereocenters. The fourth-order valence-electron chi connectivity index (χ4n) is 2.19. The summed E-state index contributed by atoms with van der Waals surface area (Å²) in [4.78, 5) is 25.9. The Morgan fingerprint density at radius 2 is 2.00 bits per heavy atom. The molecule has 0 aliphatic carbocycles. The van der Waals surface area contributed by atoms with Gasteiger partial charge in [-0.1, -0.05) is 12.1 Å². The summed E-state index contributed by atoms with van der Waals surface area (Å²) in [6, 6.07) is 5.88. The van der Waals surface area contributed by atoms with Gasteiger partial charge in [0.25, 0.3) is 11.8 Å². The molecule has 0 saturated carbocycles. The van der Waals surface area contributed by atoms with Crippen LogP contribution in [0.25, 0.3) is 16.5 Å². The third-order valence-corrected chi connectivity index (χ3v) is 2.96. The van der Waals surface area contributed by atoms with Gasteiger partial charge in [0.2, 0.25) is 0 Å². The van der Waals surface area contributed by atoms with Gasteiger partial charge >= 0.3 is 0 Å². The largest absolute Gasteiger partial charge is 0.361 e. The number of carbonyl (C=O) groups excluding carboxylic acids is 2. The minimum absolute atomic E-state index is 0.334. The maximum atomic E-state index is 11.6. The Morgan fingerprint density at radius 3 is 2.71 bits per heavy atom. The van der Waals surface area contributed by atoms with Gasteiger partial charge in [-0.05, 0) is 18.6 Å². The first-order chi connectivity index (χ1) is 8.16. The molecule has 2 amide bonds. The second-order valence-electron chi connectivity index (χ2n) is 4.08.